The molecular formula is C12H6BN4O2. The van der Waals surface area contributed by atoms with Gasteiger partial charge in [-0.2, -0.15) is 10.5 Å². The summed E-state index contributed by atoms with van der Waals surface area (Å²) in [6.45, 7) is 0. The van der Waals surface area contributed by atoms with E-state index in [4.69, 9.17) is 19.8 Å². The number of rotatable bonds is 4. The largest absolute Gasteiger partial charge is 0.658 e. The van der Waals surface area contributed by atoms with Crippen molar-refractivity contribution in [3.05, 3.63) is 48.0 Å². The van der Waals surface area contributed by atoms with Gasteiger partial charge in [0, 0.05) is 12.4 Å². The van der Waals surface area contributed by atoms with Gasteiger partial charge < -0.3 is 9.31 Å². The van der Waals surface area contributed by atoms with Crippen molar-refractivity contribution in [1.29, 1.82) is 10.5 Å². The molecule has 0 aliphatic heterocycles. The molecule has 0 aliphatic rings. The summed E-state index contributed by atoms with van der Waals surface area (Å²) in [5.41, 5.74) is 0.776. The molecule has 0 N–H and O–H groups in total. The SMILES string of the molecule is N#Cc1cncc(O[B]Oc2cncc(C#N)c2)c1. The first-order valence-electron chi connectivity index (χ1n) is 5.17. The minimum Gasteiger partial charge on any atom is -0.525 e. The highest BCUT2D eigenvalue weighted by Crippen LogP contribution is 2.12. The molecule has 1 radical (unpaired) electrons. The fourth-order valence-electron chi connectivity index (χ4n) is 1.22. The summed E-state index contributed by atoms with van der Waals surface area (Å²) in [6, 6.07) is 6.94. The van der Waals surface area contributed by atoms with Crippen molar-refractivity contribution in [2.24, 2.45) is 0 Å². The van der Waals surface area contributed by atoms with E-state index in [0.29, 0.717) is 22.6 Å². The predicted molar refractivity (Wildman–Crippen MR) is 64.9 cm³/mol. The Hall–Kier alpha value is -3.06. The Bertz CT molecular complexity index is 606. The monoisotopic (exact) mass is 249 g/mol. The van der Waals surface area contributed by atoms with Crippen LogP contribution < -0.4 is 9.31 Å². The molecule has 0 amide bonds. The first-order valence-corrected chi connectivity index (χ1v) is 5.17. The van der Waals surface area contributed by atoms with Crippen LogP contribution >= 0.6 is 0 Å². The molecule has 19 heavy (non-hydrogen) atoms. The fourth-order valence-corrected chi connectivity index (χ4v) is 1.22. The molecule has 2 aromatic heterocycles. The third kappa shape index (κ3) is 3.45. The standard InChI is InChI=1S/C12H6BN4O2/c14-3-9-1-11(7-16-5-9)18-13-19-12-2-10(4-15)6-17-8-12/h1-2,5-8H. The van der Waals surface area contributed by atoms with E-state index in [1.54, 1.807) is 0 Å². The lowest BCUT2D eigenvalue weighted by atomic mass is 10.2. The summed E-state index contributed by atoms with van der Waals surface area (Å²) in [6.07, 6.45) is 5.75. The van der Waals surface area contributed by atoms with Gasteiger partial charge in [0.2, 0.25) is 0 Å². The van der Waals surface area contributed by atoms with Crippen LogP contribution in [0.1, 0.15) is 11.1 Å². The Labute approximate surface area is 110 Å². The number of hydrogen-bond acceptors (Lipinski definition) is 6. The van der Waals surface area contributed by atoms with Crippen LogP contribution in [-0.2, 0) is 0 Å². The van der Waals surface area contributed by atoms with Crippen molar-refractivity contribution in [3.63, 3.8) is 0 Å². The molecule has 6 nitrogen and oxygen atoms in total. The second-order valence-corrected chi connectivity index (χ2v) is 3.37. The van der Waals surface area contributed by atoms with Crippen LogP contribution in [0.5, 0.6) is 11.5 Å². The molecule has 0 aromatic carbocycles. The van der Waals surface area contributed by atoms with Crippen LogP contribution in [0.15, 0.2) is 36.9 Å². The molecule has 2 aromatic rings. The lowest BCUT2D eigenvalue weighted by molar-refractivity contribution is 0.456. The van der Waals surface area contributed by atoms with Gasteiger partial charge >= 0.3 is 7.69 Å². The Morgan fingerprint density at radius 2 is 1.32 bits per heavy atom. The van der Waals surface area contributed by atoms with Gasteiger partial charge in [0.15, 0.2) is 0 Å². The third-order valence-corrected chi connectivity index (χ3v) is 2.05. The van der Waals surface area contributed by atoms with Crippen molar-refractivity contribution in [3.8, 4) is 23.6 Å². The van der Waals surface area contributed by atoms with Gasteiger partial charge in [0.25, 0.3) is 0 Å². The highest BCUT2D eigenvalue weighted by molar-refractivity contribution is 6.20. The number of nitriles is 2. The van der Waals surface area contributed by atoms with Gasteiger partial charge in [0.1, 0.15) is 23.6 Å². The number of aromatic nitrogens is 2. The molecule has 7 heteroatoms. The Morgan fingerprint density at radius 3 is 1.74 bits per heavy atom. The maximum absolute atomic E-state index is 8.70. The first-order chi connectivity index (χ1) is 9.31. The lowest BCUT2D eigenvalue weighted by Gasteiger charge is -2.05. The molecule has 0 unspecified atom stereocenters. The lowest BCUT2D eigenvalue weighted by Crippen LogP contribution is -2.11. The summed E-state index contributed by atoms with van der Waals surface area (Å²) < 4.78 is 10.3. The first kappa shape index (κ1) is 12.4. The Balaban J connectivity index is 1.93. The smallest absolute Gasteiger partial charge is 0.525 e. The Morgan fingerprint density at radius 1 is 0.842 bits per heavy atom. The number of pyridine rings is 2. The summed E-state index contributed by atoms with van der Waals surface area (Å²) in [5, 5.41) is 17.4. The van der Waals surface area contributed by atoms with Gasteiger partial charge in [-0.05, 0) is 12.1 Å². The maximum atomic E-state index is 8.70. The number of hydrogen-bond donors (Lipinski definition) is 0. The van der Waals surface area contributed by atoms with Crippen molar-refractivity contribution in [1.82, 2.24) is 9.97 Å². The molecule has 0 spiro atoms. The van der Waals surface area contributed by atoms with Gasteiger partial charge in [-0.3, -0.25) is 9.97 Å². The molecular weight excluding hydrogens is 243 g/mol. The van der Waals surface area contributed by atoms with Crippen LogP contribution in [0, 0.1) is 22.7 Å². The molecule has 0 fully saturated rings. The third-order valence-electron chi connectivity index (χ3n) is 2.05. The predicted octanol–water partition coefficient (Wildman–Crippen LogP) is 1.21. The highest BCUT2D eigenvalue weighted by Gasteiger charge is 2.04. The van der Waals surface area contributed by atoms with Gasteiger partial charge in [-0.15, -0.1) is 0 Å². The van der Waals surface area contributed by atoms with Crippen LogP contribution in [0.4, 0.5) is 0 Å². The Kier molecular flexibility index (Phi) is 3.94. The molecule has 89 valence electrons. The summed E-state index contributed by atoms with van der Waals surface area (Å²) >= 11 is 0. The van der Waals surface area contributed by atoms with E-state index < -0.39 is 0 Å². The minimum absolute atomic E-state index is 0.378. The highest BCUT2D eigenvalue weighted by atomic mass is 16.6. The second-order valence-electron chi connectivity index (χ2n) is 3.37. The molecule has 2 rings (SSSR count). The average molecular weight is 249 g/mol. The normalized spacial score (nSPS) is 8.95. The van der Waals surface area contributed by atoms with Crippen molar-refractivity contribution in [2.75, 3.05) is 0 Å². The summed E-state index contributed by atoms with van der Waals surface area (Å²) in [7, 11) is 1.08. The van der Waals surface area contributed by atoms with Gasteiger partial charge in [-0.1, -0.05) is 0 Å². The fraction of sp³-hybridized carbons (Fsp3) is 0. The van der Waals surface area contributed by atoms with Crippen molar-refractivity contribution >= 4 is 7.69 Å². The van der Waals surface area contributed by atoms with Crippen molar-refractivity contribution < 1.29 is 9.31 Å². The van der Waals surface area contributed by atoms with Crippen molar-refractivity contribution in [2.45, 2.75) is 0 Å². The van der Waals surface area contributed by atoms with E-state index in [9.17, 15) is 0 Å². The van der Waals surface area contributed by atoms with E-state index in [0.717, 1.165) is 7.69 Å². The molecule has 0 saturated heterocycles. The molecule has 0 aliphatic carbocycles. The average Bonchev–Trinajstić information content (AvgIpc) is 2.48. The van der Waals surface area contributed by atoms with Gasteiger partial charge in [0.05, 0.1) is 23.5 Å². The molecule has 0 saturated carbocycles. The van der Waals surface area contributed by atoms with E-state index in [1.807, 2.05) is 12.1 Å². The number of nitrogens with zero attached hydrogens (tertiary/aromatic N) is 4. The van der Waals surface area contributed by atoms with E-state index >= 15 is 0 Å². The van der Waals surface area contributed by atoms with Crippen LogP contribution in [0.25, 0.3) is 0 Å². The maximum Gasteiger partial charge on any atom is 0.658 e. The zero-order chi connectivity index (χ0) is 13.5. The van der Waals surface area contributed by atoms with E-state index in [2.05, 4.69) is 9.97 Å². The summed E-state index contributed by atoms with van der Waals surface area (Å²) in [5.74, 6) is 0.756. The minimum atomic E-state index is 0.378. The van der Waals surface area contributed by atoms with Crippen LogP contribution in [-0.4, -0.2) is 17.7 Å². The van der Waals surface area contributed by atoms with E-state index in [1.165, 1.54) is 36.9 Å². The molecule has 2 heterocycles. The van der Waals surface area contributed by atoms with Gasteiger partial charge in [-0.25, -0.2) is 0 Å². The topological polar surface area (TPSA) is 91.8 Å². The molecule has 0 atom stereocenters. The second kappa shape index (κ2) is 6.03. The zero-order valence-electron chi connectivity index (χ0n) is 9.65. The van der Waals surface area contributed by atoms with Crippen LogP contribution in [0.2, 0.25) is 0 Å². The quantitative estimate of drug-likeness (QED) is 0.756. The zero-order valence-corrected chi connectivity index (χ0v) is 9.65. The van der Waals surface area contributed by atoms with Crippen LogP contribution in [0.3, 0.4) is 0 Å². The van der Waals surface area contributed by atoms with E-state index in [-0.39, 0.29) is 0 Å². The summed E-state index contributed by atoms with van der Waals surface area (Å²) in [4.78, 5) is 7.66. The molecule has 0 bridgehead atoms.